The van der Waals surface area contributed by atoms with E-state index in [0.29, 0.717) is 0 Å². The molecule has 0 aromatic heterocycles. The van der Waals surface area contributed by atoms with E-state index in [4.69, 9.17) is 0 Å². The molecule has 0 spiro atoms. The zero-order valence-electron chi connectivity index (χ0n) is 23.6. The van der Waals surface area contributed by atoms with Crippen LogP contribution in [0, 0.1) is 6.92 Å². The summed E-state index contributed by atoms with van der Waals surface area (Å²) >= 11 is 0. The molecule has 2 atom stereocenters. The summed E-state index contributed by atoms with van der Waals surface area (Å²) in [6, 6.07) is 17.6. The molecular weight excluding hydrogens is 528 g/mol. The molecular formula is C30H38N4O5S. The highest BCUT2D eigenvalue weighted by Crippen LogP contribution is 2.18. The Hall–Kier alpha value is -3.76. The Bertz CT molecular complexity index is 1460. The third-order valence-corrected chi connectivity index (χ3v) is 7.69. The van der Waals surface area contributed by atoms with E-state index in [1.165, 1.54) is 19.1 Å². The van der Waals surface area contributed by atoms with Crippen molar-refractivity contribution in [1.29, 1.82) is 0 Å². The third-order valence-electron chi connectivity index (χ3n) is 6.20. The fourth-order valence-corrected chi connectivity index (χ4v) is 5.36. The molecule has 3 amide bonds. The molecule has 3 aromatic carbocycles. The van der Waals surface area contributed by atoms with Crippen molar-refractivity contribution in [2.24, 2.45) is 0 Å². The maximum atomic E-state index is 13.2. The largest absolute Gasteiger partial charge is 0.352 e. The molecule has 10 heteroatoms. The monoisotopic (exact) mass is 566 g/mol. The van der Waals surface area contributed by atoms with Crippen LogP contribution in [-0.2, 0) is 31.0 Å². The molecule has 4 N–H and O–H groups in total. The lowest BCUT2D eigenvalue weighted by atomic mass is 10.0. The van der Waals surface area contributed by atoms with Crippen LogP contribution in [0.5, 0.6) is 0 Å². The van der Waals surface area contributed by atoms with Crippen molar-refractivity contribution in [3.05, 3.63) is 77.9 Å². The topological polar surface area (TPSA) is 133 Å². The van der Waals surface area contributed by atoms with Gasteiger partial charge in [0.1, 0.15) is 12.1 Å². The maximum Gasteiger partial charge on any atom is 0.242 e. The van der Waals surface area contributed by atoms with Crippen molar-refractivity contribution in [3.63, 3.8) is 0 Å². The van der Waals surface area contributed by atoms with E-state index in [9.17, 15) is 22.8 Å². The lowest BCUT2D eigenvalue weighted by Crippen LogP contribution is -2.53. The summed E-state index contributed by atoms with van der Waals surface area (Å²) < 4.78 is 28.5. The van der Waals surface area contributed by atoms with Gasteiger partial charge in [-0.25, -0.2) is 8.42 Å². The van der Waals surface area contributed by atoms with Gasteiger partial charge in [0, 0.05) is 18.5 Å². The number of rotatable bonds is 11. The second kappa shape index (κ2) is 13.1. The molecule has 0 saturated carbocycles. The minimum absolute atomic E-state index is 0.00378. The van der Waals surface area contributed by atoms with Crippen molar-refractivity contribution in [2.75, 3.05) is 0 Å². The van der Waals surface area contributed by atoms with Gasteiger partial charge in [0.15, 0.2) is 0 Å². The van der Waals surface area contributed by atoms with Crippen molar-refractivity contribution < 1.29 is 22.8 Å². The first-order valence-electron chi connectivity index (χ1n) is 13.2. The number of nitrogens with one attached hydrogen (secondary N) is 4. The molecule has 0 aliphatic carbocycles. The zero-order chi connectivity index (χ0) is 29.5. The Labute approximate surface area is 236 Å². The Morgan fingerprint density at radius 2 is 1.52 bits per heavy atom. The Morgan fingerprint density at radius 1 is 0.875 bits per heavy atom. The van der Waals surface area contributed by atoms with Crippen LogP contribution in [0.2, 0.25) is 0 Å². The summed E-state index contributed by atoms with van der Waals surface area (Å²) in [6.45, 7) is 9.10. The fraction of sp³-hybridized carbons (Fsp3) is 0.367. The lowest BCUT2D eigenvalue weighted by Gasteiger charge is -2.23. The summed E-state index contributed by atoms with van der Waals surface area (Å²) in [6.07, 6.45) is -0.184. The van der Waals surface area contributed by atoms with E-state index in [-0.39, 0.29) is 30.2 Å². The van der Waals surface area contributed by atoms with Crippen molar-refractivity contribution in [3.8, 4) is 0 Å². The summed E-state index contributed by atoms with van der Waals surface area (Å²) in [4.78, 5) is 38.5. The standard InChI is InChI=1S/C30H38N4O5S/c1-20-13-15-24(16-14-20)40(38,39)34-26(17-18-27(35)33-30(3,4)5)29(37)32-21(2)28(36)31-19-23-11-8-10-22-9-6-7-12-25(22)23/h6-16,21,26,34H,17-19H2,1-5H3,(H,31,36)(H,32,37)(H,33,35). The first-order valence-corrected chi connectivity index (χ1v) is 14.7. The van der Waals surface area contributed by atoms with Crippen LogP contribution in [0.4, 0.5) is 0 Å². The molecule has 2 unspecified atom stereocenters. The molecule has 0 aliphatic heterocycles. The van der Waals surface area contributed by atoms with Crippen LogP contribution in [0.25, 0.3) is 10.8 Å². The average molecular weight is 567 g/mol. The summed E-state index contributed by atoms with van der Waals surface area (Å²) in [7, 11) is -4.07. The van der Waals surface area contributed by atoms with Gasteiger partial charge in [-0.05, 0) is 69.5 Å². The van der Waals surface area contributed by atoms with Gasteiger partial charge >= 0.3 is 0 Å². The highest BCUT2D eigenvalue weighted by molar-refractivity contribution is 7.89. The highest BCUT2D eigenvalue weighted by atomic mass is 32.2. The van der Waals surface area contributed by atoms with Crippen molar-refractivity contribution in [2.45, 2.75) is 76.5 Å². The second-order valence-electron chi connectivity index (χ2n) is 10.9. The van der Waals surface area contributed by atoms with Crippen molar-refractivity contribution >= 4 is 38.5 Å². The van der Waals surface area contributed by atoms with Crippen LogP contribution in [0.3, 0.4) is 0 Å². The number of hydrogen-bond donors (Lipinski definition) is 4. The molecule has 0 bridgehead atoms. The molecule has 3 aromatic rings. The van der Waals surface area contributed by atoms with Crippen LogP contribution in [0.1, 0.15) is 51.7 Å². The van der Waals surface area contributed by atoms with E-state index in [1.54, 1.807) is 12.1 Å². The minimum Gasteiger partial charge on any atom is -0.352 e. The maximum absolute atomic E-state index is 13.2. The van der Waals surface area contributed by atoms with Crippen LogP contribution in [-0.4, -0.2) is 43.8 Å². The number of aryl methyl sites for hydroxylation is 1. The summed E-state index contributed by atoms with van der Waals surface area (Å²) in [5, 5.41) is 10.3. The molecule has 40 heavy (non-hydrogen) atoms. The normalized spacial score (nSPS) is 13.3. The third kappa shape index (κ3) is 8.89. The van der Waals surface area contributed by atoms with Gasteiger partial charge in [-0.15, -0.1) is 0 Å². The van der Waals surface area contributed by atoms with Gasteiger partial charge in [-0.1, -0.05) is 60.2 Å². The van der Waals surface area contributed by atoms with E-state index in [0.717, 1.165) is 21.9 Å². The molecule has 214 valence electrons. The van der Waals surface area contributed by atoms with E-state index in [2.05, 4.69) is 20.7 Å². The molecule has 0 saturated heterocycles. The average Bonchev–Trinajstić information content (AvgIpc) is 2.88. The predicted octanol–water partition coefficient (Wildman–Crippen LogP) is 3.31. The minimum atomic E-state index is -4.07. The number of amides is 3. The number of sulfonamides is 1. The molecule has 0 aliphatic rings. The molecule has 0 radical (unpaired) electrons. The Morgan fingerprint density at radius 3 is 2.20 bits per heavy atom. The first kappa shape index (κ1) is 30.8. The highest BCUT2D eigenvalue weighted by Gasteiger charge is 2.29. The number of benzene rings is 3. The van der Waals surface area contributed by atoms with Crippen LogP contribution >= 0.6 is 0 Å². The number of carbonyl (C=O) groups excluding carboxylic acids is 3. The van der Waals surface area contributed by atoms with Gasteiger partial charge in [0.05, 0.1) is 4.90 Å². The lowest BCUT2D eigenvalue weighted by molar-refractivity contribution is -0.130. The number of hydrogen-bond acceptors (Lipinski definition) is 5. The number of carbonyl (C=O) groups is 3. The fourth-order valence-electron chi connectivity index (χ4n) is 4.13. The molecule has 0 fully saturated rings. The quantitative estimate of drug-likeness (QED) is 0.283. The van der Waals surface area contributed by atoms with Gasteiger partial charge < -0.3 is 16.0 Å². The Balaban J connectivity index is 1.69. The Kier molecular flexibility index (Phi) is 10.1. The number of fused-ring (bicyclic) bond motifs is 1. The zero-order valence-corrected chi connectivity index (χ0v) is 24.4. The summed E-state index contributed by atoms with van der Waals surface area (Å²) in [5.41, 5.74) is 1.33. The molecule has 0 heterocycles. The van der Waals surface area contributed by atoms with Crippen LogP contribution < -0.4 is 20.7 Å². The van der Waals surface area contributed by atoms with E-state index >= 15 is 0 Å². The second-order valence-corrected chi connectivity index (χ2v) is 12.6. The van der Waals surface area contributed by atoms with Gasteiger partial charge in [0.2, 0.25) is 27.7 Å². The van der Waals surface area contributed by atoms with Gasteiger partial charge in [0.25, 0.3) is 0 Å². The van der Waals surface area contributed by atoms with Gasteiger partial charge in [-0.3, -0.25) is 14.4 Å². The van der Waals surface area contributed by atoms with Crippen molar-refractivity contribution in [1.82, 2.24) is 20.7 Å². The molecule has 3 rings (SSSR count). The smallest absolute Gasteiger partial charge is 0.242 e. The molecule has 9 nitrogen and oxygen atoms in total. The summed E-state index contributed by atoms with van der Waals surface area (Å²) in [5.74, 6) is -1.44. The van der Waals surface area contributed by atoms with Crippen LogP contribution in [0.15, 0.2) is 71.6 Å². The van der Waals surface area contributed by atoms with Gasteiger partial charge in [-0.2, -0.15) is 4.72 Å². The first-order chi connectivity index (χ1) is 18.7. The van der Waals surface area contributed by atoms with E-state index in [1.807, 2.05) is 70.2 Å². The predicted molar refractivity (Wildman–Crippen MR) is 156 cm³/mol. The SMILES string of the molecule is Cc1ccc(S(=O)(=O)NC(CCC(=O)NC(C)(C)C)C(=O)NC(C)C(=O)NCc2cccc3ccccc23)cc1. The van der Waals surface area contributed by atoms with E-state index < -0.39 is 39.5 Å².